The van der Waals surface area contributed by atoms with Crippen LogP contribution in [0.5, 0.6) is 5.75 Å². The van der Waals surface area contributed by atoms with Crippen molar-refractivity contribution in [3.8, 4) is 5.75 Å². The predicted octanol–water partition coefficient (Wildman–Crippen LogP) is 3.05. The second-order valence-corrected chi connectivity index (χ2v) is 10.3. The molecule has 31 heavy (non-hydrogen) atoms. The second-order valence-electron chi connectivity index (χ2n) is 8.14. The monoisotopic (exact) mass is 474 g/mol. The van der Waals surface area contributed by atoms with Gasteiger partial charge in [-0.1, -0.05) is 11.6 Å². The van der Waals surface area contributed by atoms with Gasteiger partial charge in [-0.2, -0.15) is 0 Å². The van der Waals surface area contributed by atoms with Gasteiger partial charge in [0.05, 0.1) is 10.8 Å². The highest BCUT2D eigenvalue weighted by Gasteiger charge is 2.69. The van der Waals surface area contributed by atoms with Crippen molar-refractivity contribution >= 4 is 27.5 Å². The molecule has 0 aromatic heterocycles. The highest BCUT2D eigenvalue weighted by Crippen LogP contribution is 2.60. The Hall–Kier alpha value is -2.30. The molecule has 3 saturated carbocycles. The summed E-state index contributed by atoms with van der Waals surface area (Å²) in [5.41, 5.74) is -1.17. The molecule has 2 N–H and O–H groups in total. The number of carbonyl (C=O) groups is 1. The van der Waals surface area contributed by atoms with E-state index in [4.69, 9.17) is 16.3 Å². The van der Waals surface area contributed by atoms with Crippen molar-refractivity contribution in [2.24, 2.45) is 0 Å². The predicted molar refractivity (Wildman–Crippen MR) is 106 cm³/mol. The summed E-state index contributed by atoms with van der Waals surface area (Å²) in [6.45, 7) is -0.327. The number of benzene rings is 2. The van der Waals surface area contributed by atoms with E-state index in [1.165, 1.54) is 12.1 Å². The Morgan fingerprint density at radius 3 is 2.29 bits per heavy atom. The van der Waals surface area contributed by atoms with Crippen LogP contribution in [0.25, 0.3) is 0 Å². The first kappa shape index (κ1) is 21.9. The van der Waals surface area contributed by atoms with Crippen LogP contribution in [0.3, 0.4) is 0 Å². The summed E-state index contributed by atoms with van der Waals surface area (Å²) < 4.78 is 72.6. The van der Waals surface area contributed by atoms with Gasteiger partial charge in [-0.15, -0.1) is 0 Å². The molecule has 0 saturated heterocycles. The summed E-state index contributed by atoms with van der Waals surface area (Å²) in [5.74, 6) is -3.15. The molecule has 3 aliphatic carbocycles. The van der Waals surface area contributed by atoms with E-state index in [1.807, 2.05) is 0 Å². The highest BCUT2D eigenvalue weighted by molar-refractivity contribution is 7.88. The Labute approximate surface area is 181 Å². The minimum Gasteiger partial charge on any atom is -0.484 e. The number of rotatable bonds is 8. The van der Waals surface area contributed by atoms with Crippen LogP contribution in [0.4, 0.5) is 13.2 Å². The lowest BCUT2D eigenvalue weighted by molar-refractivity contribution is -0.139. The fraction of sp³-hybridized carbons (Fsp3) is 0.350. The average molecular weight is 475 g/mol. The van der Waals surface area contributed by atoms with Crippen LogP contribution in [-0.4, -0.2) is 32.0 Å². The molecule has 0 spiro atoms. The first-order chi connectivity index (χ1) is 14.5. The molecule has 2 bridgehead atoms. The summed E-state index contributed by atoms with van der Waals surface area (Å²) in [7, 11) is -3.82. The van der Waals surface area contributed by atoms with Gasteiger partial charge < -0.3 is 10.1 Å². The Bertz CT molecular complexity index is 1120. The molecule has 3 aliphatic rings. The molecular formula is C20H18ClF3N2O4S. The molecule has 0 aliphatic heterocycles. The Balaban J connectivity index is 1.26. The molecule has 0 radical (unpaired) electrons. The zero-order valence-corrected chi connectivity index (χ0v) is 17.6. The second kappa shape index (κ2) is 7.68. The van der Waals surface area contributed by atoms with Crippen molar-refractivity contribution in [3.63, 3.8) is 0 Å². The Morgan fingerprint density at radius 2 is 1.68 bits per heavy atom. The standard InChI is InChI=1S/C20H18ClF3N2O4S/c21-16-2-1-15(6-17(16)24)30-7-18(27)25-19-9-20(10-19,11-19)26-31(28,29)8-12-3-13(22)5-14(23)4-12/h1-6,26H,7-11H2,(H,25,27). The number of nitrogens with one attached hydrogen (secondary N) is 2. The van der Waals surface area contributed by atoms with Crippen molar-refractivity contribution in [2.75, 3.05) is 6.61 Å². The lowest BCUT2D eigenvalue weighted by atomic mass is 9.44. The van der Waals surface area contributed by atoms with Crippen molar-refractivity contribution in [1.29, 1.82) is 0 Å². The van der Waals surface area contributed by atoms with E-state index in [1.54, 1.807) is 0 Å². The Kier molecular flexibility index (Phi) is 5.43. The molecule has 6 nitrogen and oxygen atoms in total. The van der Waals surface area contributed by atoms with Crippen molar-refractivity contribution < 1.29 is 31.1 Å². The lowest BCUT2D eigenvalue weighted by Crippen LogP contribution is -2.83. The number of amides is 1. The third kappa shape index (κ3) is 4.81. The van der Waals surface area contributed by atoms with E-state index in [0.717, 1.165) is 18.2 Å². The van der Waals surface area contributed by atoms with E-state index in [9.17, 15) is 26.4 Å². The normalized spacial score (nSPS) is 24.1. The minimum atomic E-state index is -3.82. The van der Waals surface area contributed by atoms with Gasteiger partial charge in [-0.25, -0.2) is 26.3 Å². The van der Waals surface area contributed by atoms with Gasteiger partial charge in [0.15, 0.2) is 6.61 Å². The maximum Gasteiger partial charge on any atom is 0.258 e. The number of ether oxygens (including phenoxy) is 1. The minimum absolute atomic E-state index is 0.00963. The topological polar surface area (TPSA) is 84.5 Å². The van der Waals surface area contributed by atoms with E-state index < -0.39 is 50.2 Å². The van der Waals surface area contributed by atoms with Gasteiger partial charge in [0, 0.05) is 23.2 Å². The molecule has 1 amide bonds. The SMILES string of the molecule is O=C(COc1ccc(Cl)c(F)c1)NC12CC(NS(=O)(=O)Cc3cc(F)cc(F)c3)(C1)C2. The van der Waals surface area contributed by atoms with Gasteiger partial charge >= 0.3 is 0 Å². The number of sulfonamides is 1. The van der Waals surface area contributed by atoms with E-state index in [2.05, 4.69) is 10.0 Å². The van der Waals surface area contributed by atoms with Gasteiger partial charge in [-0.3, -0.25) is 4.79 Å². The zero-order chi connectivity index (χ0) is 22.4. The average Bonchev–Trinajstić information content (AvgIpc) is 2.58. The largest absolute Gasteiger partial charge is 0.484 e. The van der Waals surface area contributed by atoms with E-state index in [0.29, 0.717) is 25.3 Å². The Morgan fingerprint density at radius 1 is 1.03 bits per heavy atom. The molecule has 2 aromatic carbocycles. The summed E-state index contributed by atoms with van der Waals surface area (Å²) in [6.07, 6.45) is 1.20. The van der Waals surface area contributed by atoms with E-state index in [-0.39, 0.29) is 22.9 Å². The quantitative estimate of drug-likeness (QED) is 0.616. The maximum absolute atomic E-state index is 13.4. The zero-order valence-electron chi connectivity index (χ0n) is 16.1. The fourth-order valence-electron chi connectivity index (χ4n) is 4.36. The summed E-state index contributed by atoms with van der Waals surface area (Å²) >= 11 is 5.59. The number of carbonyl (C=O) groups excluding carboxylic acids is 1. The first-order valence-electron chi connectivity index (χ1n) is 9.33. The number of halogens is 4. The van der Waals surface area contributed by atoms with E-state index >= 15 is 0 Å². The van der Waals surface area contributed by atoms with Gasteiger partial charge in [0.1, 0.15) is 23.2 Å². The van der Waals surface area contributed by atoms with Crippen LogP contribution >= 0.6 is 11.6 Å². The first-order valence-corrected chi connectivity index (χ1v) is 11.4. The van der Waals surface area contributed by atoms with Crippen LogP contribution < -0.4 is 14.8 Å². The molecule has 166 valence electrons. The van der Waals surface area contributed by atoms with Crippen molar-refractivity contribution in [1.82, 2.24) is 10.0 Å². The molecule has 3 fully saturated rings. The van der Waals surface area contributed by atoms with Gasteiger partial charge in [0.2, 0.25) is 10.0 Å². The number of hydrogen-bond acceptors (Lipinski definition) is 4. The highest BCUT2D eigenvalue weighted by atomic mass is 35.5. The molecule has 0 unspecified atom stereocenters. The smallest absolute Gasteiger partial charge is 0.258 e. The van der Waals surface area contributed by atoms with Crippen molar-refractivity contribution in [3.05, 3.63) is 64.4 Å². The van der Waals surface area contributed by atoms with Crippen molar-refractivity contribution in [2.45, 2.75) is 36.1 Å². The summed E-state index contributed by atoms with van der Waals surface area (Å²) in [6, 6.07) is 6.44. The van der Waals surface area contributed by atoms with Crippen LogP contribution in [0, 0.1) is 17.5 Å². The van der Waals surface area contributed by atoms with Gasteiger partial charge in [0.25, 0.3) is 5.91 Å². The van der Waals surface area contributed by atoms with Gasteiger partial charge in [-0.05, 0) is 49.1 Å². The maximum atomic E-state index is 13.4. The number of hydrogen-bond donors (Lipinski definition) is 2. The third-order valence-electron chi connectivity index (χ3n) is 5.35. The summed E-state index contributed by atoms with van der Waals surface area (Å²) in [5, 5.41) is 2.76. The lowest BCUT2D eigenvalue weighted by Gasteiger charge is -2.70. The molecule has 11 heteroatoms. The third-order valence-corrected chi connectivity index (χ3v) is 7.11. The summed E-state index contributed by atoms with van der Waals surface area (Å²) in [4.78, 5) is 12.1. The van der Waals surface area contributed by atoms with Crippen LogP contribution in [0.15, 0.2) is 36.4 Å². The van der Waals surface area contributed by atoms with Crippen LogP contribution in [0.1, 0.15) is 24.8 Å². The molecule has 5 rings (SSSR count). The molecule has 2 aromatic rings. The molecule has 0 heterocycles. The molecule has 0 atom stereocenters. The van der Waals surface area contributed by atoms with Crippen LogP contribution in [0.2, 0.25) is 5.02 Å². The molecular weight excluding hydrogens is 457 g/mol. The van der Waals surface area contributed by atoms with Crippen LogP contribution in [-0.2, 0) is 20.6 Å². The fourth-order valence-corrected chi connectivity index (χ4v) is 6.03.